The zero-order chi connectivity index (χ0) is 14.7. The quantitative estimate of drug-likeness (QED) is 0.649. The van der Waals surface area contributed by atoms with Gasteiger partial charge in [0.25, 0.3) is 5.69 Å². The monoisotopic (exact) mass is 292 g/mol. The van der Waals surface area contributed by atoms with Crippen LogP contribution in [0.3, 0.4) is 0 Å². The molecule has 0 saturated carbocycles. The summed E-state index contributed by atoms with van der Waals surface area (Å²) in [5.41, 5.74) is 0.0170. The number of rotatable bonds is 5. The first-order valence-corrected chi connectivity index (χ1v) is 6.68. The molecule has 0 aliphatic carbocycles. The van der Waals surface area contributed by atoms with Crippen molar-refractivity contribution in [3.8, 4) is 0 Å². The number of hydrogen-bond donors (Lipinski definition) is 2. The van der Waals surface area contributed by atoms with Crippen LogP contribution in [-0.2, 0) is 0 Å². The van der Waals surface area contributed by atoms with Crippen LogP contribution in [0.25, 0.3) is 0 Å². The number of carboxylic acids is 1. The number of nitro benzene ring substituents is 1. The van der Waals surface area contributed by atoms with Crippen molar-refractivity contribution in [1.82, 2.24) is 0 Å². The summed E-state index contributed by atoms with van der Waals surface area (Å²) in [6.45, 7) is 1.90. The molecule has 6 nitrogen and oxygen atoms in total. The van der Waals surface area contributed by atoms with E-state index >= 15 is 0 Å². The van der Waals surface area contributed by atoms with Crippen LogP contribution < -0.4 is 5.32 Å². The molecule has 0 bridgehead atoms. The maximum atomic E-state index is 11.2. The van der Waals surface area contributed by atoms with Crippen molar-refractivity contribution in [2.24, 2.45) is 0 Å². The Bertz CT molecular complexity index is 640. The molecule has 104 valence electrons. The molecule has 1 aromatic heterocycles. The fraction of sp³-hybridized carbons (Fsp3) is 0.154. The standard InChI is InChI=1S/C13H12N2O4S/c1-8(12-3-2-6-20-12)14-11-5-4-9(15(18)19)7-10(11)13(16)17/h2-8,14H,1H3,(H,16,17). The minimum Gasteiger partial charge on any atom is -0.478 e. The van der Waals surface area contributed by atoms with Gasteiger partial charge in [-0.25, -0.2) is 4.79 Å². The van der Waals surface area contributed by atoms with Crippen molar-refractivity contribution in [2.45, 2.75) is 13.0 Å². The Hall–Kier alpha value is -2.41. The second-order valence-electron chi connectivity index (χ2n) is 4.17. The highest BCUT2D eigenvalue weighted by atomic mass is 32.1. The lowest BCUT2D eigenvalue weighted by Gasteiger charge is -2.15. The van der Waals surface area contributed by atoms with Crippen LogP contribution in [0.5, 0.6) is 0 Å². The minimum atomic E-state index is -1.20. The lowest BCUT2D eigenvalue weighted by molar-refractivity contribution is -0.384. The molecular formula is C13H12N2O4S. The first kappa shape index (κ1) is 14.0. The summed E-state index contributed by atoms with van der Waals surface area (Å²) in [7, 11) is 0. The number of nitro groups is 1. The Balaban J connectivity index is 2.31. The van der Waals surface area contributed by atoms with E-state index in [0.717, 1.165) is 10.9 Å². The van der Waals surface area contributed by atoms with Crippen molar-refractivity contribution in [1.29, 1.82) is 0 Å². The SMILES string of the molecule is CC(Nc1ccc([N+](=O)[O-])cc1C(=O)O)c1cccs1. The second-order valence-corrected chi connectivity index (χ2v) is 5.15. The number of nitrogens with zero attached hydrogens (tertiary/aromatic N) is 1. The number of carboxylic acid groups (broad SMARTS) is 1. The van der Waals surface area contributed by atoms with E-state index < -0.39 is 10.9 Å². The van der Waals surface area contributed by atoms with Gasteiger partial charge in [-0.05, 0) is 24.4 Å². The number of benzene rings is 1. The summed E-state index contributed by atoms with van der Waals surface area (Å²) in [5, 5.41) is 24.8. The first-order valence-electron chi connectivity index (χ1n) is 5.80. The summed E-state index contributed by atoms with van der Waals surface area (Å²) < 4.78 is 0. The van der Waals surface area contributed by atoms with Crippen molar-refractivity contribution >= 4 is 28.7 Å². The molecule has 0 saturated heterocycles. The Morgan fingerprint density at radius 2 is 2.20 bits per heavy atom. The molecule has 0 fully saturated rings. The van der Waals surface area contributed by atoms with Gasteiger partial charge < -0.3 is 10.4 Å². The third kappa shape index (κ3) is 2.94. The molecule has 0 amide bonds. The zero-order valence-corrected chi connectivity index (χ0v) is 11.4. The van der Waals surface area contributed by atoms with Gasteiger partial charge in [0.1, 0.15) is 0 Å². The van der Waals surface area contributed by atoms with Crippen LogP contribution in [-0.4, -0.2) is 16.0 Å². The van der Waals surface area contributed by atoms with Crippen molar-refractivity contribution in [2.75, 3.05) is 5.32 Å². The topological polar surface area (TPSA) is 92.5 Å². The van der Waals surface area contributed by atoms with E-state index in [1.54, 1.807) is 11.3 Å². The number of anilines is 1. The molecule has 0 radical (unpaired) electrons. The average molecular weight is 292 g/mol. The predicted octanol–water partition coefficient (Wildman–Crippen LogP) is 3.53. The molecule has 1 aromatic carbocycles. The maximum absolute atomic E-state index is 11.2. The maximum Gasteiger partial charge on any atom is 0.338 e. The predicted molar refractivity (Wildman–Crippen MR) is 76.4 cm³/mol. The van der Waals surface area contributed by atoms with Crippen molar-refractivity contribution in [3.05, 3.63) is 56.3 Å². The summed E-state index contributed by atoms with van der Waals surface area (Å²) >= 11 is 1.55. The summed E-state index contributed by atoms with van der Waals surface area (Å²) in [4.78, 5) is 22.3. The molecule has 2 aromatic rings. The molecule has 0 aliphatic rings. The summed E-state index contributed by atoms with van der Waals surface area (Å²) in [6, 6.07) is 7.54. The number of hydrogen-bond acceptors (Lipinski definition) is 5. The van der Waals surface area contributed by atoms with E-state index in [1.807, 2.05) is 24.4 Å². The number of aromatic carboxylic acids is 1. The Morgan fingerprint density at radius 1 is 1.45 bits per heavy atom. The molecular weight excluding hydrogens is 280 g/mol. The fourth-order valence-corrected chi connectivity index (χ4v) is 2.53. The number of thiophene rings is 1. The van der Waals surface area contributed by atoms with E-state index in [2.05, 4.69) is 5.32 Å². The van der Waals surface area contributed by atoms with Gasteiger partial charge in [0.15, 0.2) is 0 Å². The highest BCUT2D eigenvalue weighted by Crippen LogP contribution is 2.27. The smallest absolute Gasteiger partial charge is 0.338 e. The van der Waals surface area contributed by atoms with Crippen LogP contribution in [0.4, 0.5) is 11.4 Å². The highest BCUT2D eigenvalue weighted by Gasteiger charge is 2.17. The van der Waals surface area contributed by atoms with Crippen molar-refractivity contribution < 1.29 is 14.8 Å². The van der Waals surface area contributed by atoms with Crippen LogP contribution in [0.1, 0.15) is 28.2 Å². The van der Waals surface area contributed by atoms with E-state index in [4.69, 9.17) is 5.11 Å². The first-order chi connectivity index (χ1) is 9.49. The van der Waals surface area contributed by atoms with Gasteiger partial charge in [0.2, 0.25) is 0 Å². The number of non-ortho nitro benzene ring substituents is 1. The minimum absolute atomic E-state index is 0.0745. The third-order valence-electron chi connectivity index (χ3n) is 2.79. The van der Waals surface area contributed by atoms with Gasteiger partial charge in [-0.2, -0.15) is 0 Å². The molecule has 2 N–H and O–H groups in total. The van der Waals surface area contributed by atoms with Crippen LogP contribution in [0.15, 0.2) is 35.7 Å². The van der Waals surface area contributed by atoms with Crippen LogP contribution in [0.2, 0.25) is 0 Å². The number of nitrogens with one attached hydrogen (secondary N) is 1. The molecule has 20 heavy (non-hydrogen) atoms. The Kier molecular flexibility index (Phi) is 3.99. The largest absolute Gasteiger partial charge is 0.478 e. The summed E-state index contributed by atoms with van der Waals surface area (Å²) in [6.07, 6.45) is 0. The van der Waals surface area contributed by atoms with E-state index in [-0.39, 0.29) is 17.3 Å². The van der Waals surface area contributed by atoms with Crippen molar-refractivity contribution in [3.63, 3.8) is 0 Å². The van der Waals surface area contributed by atoms with Gasteiger partial charge in [0.05, 0.1) is 16.5 Å². The molecule has 1 unspecified atom stereocenters. The molecule has 2 rings (SSSR count). The molecule has 1 atom stereocenters. The van der Waals surface area contributed by atoms with Crippen LogP contribution >= 0.6 is 11.3 Å². The molecule has 0 aliphatic heterocycles. The highest BCUT2D eigenvalue weighted by molar-refractivity contribution is 7.10. The lowest BCUT2D eigenvalue weighted by Crippen LogP contribution is -2.10. The zero-order valence-electron chi connectivity index (χ0n) is 10.6. The summed E-state index contributed by atoms with van der Waals surface area (Å²) in [5.74, 6) is -1.20. The lowest BCUT2D eigenvalue weighted by atomic mass is 10.1. The van der Waals surface area contributed by atoms with E-state index in [0.29, 0.717) is 5.69 Å². The Morgan fingerprint density at radius 3 is 2.75 bits per heavy atom. The molecule has 7 heteroatoms. The average Bonchev–Trinajstić information content (AvgIpc) is 2.92. The van der Waals surface area contributed by atoms with E-state index in [9.17, 15) is 14.9 Å². The third-order valence-corrected chi connectivity index (χ3v) is 3.84. The van der Waals surface area contributed by atoms with Gasteiger partial charge in [-0.1, -0.05) is 6.07 Å². The second kappa shape index (κ2) is 5.70. The fourth-order valence-electron chi connectivity index (χ4n) is 1.79. The normalized spacial score (nSPS) is 11.8. The van der Waals surface area contributed by atoms with E-state index in [1.165, 1.54) is 12.1 Å². The van der Waals surface area contributed by atoms with Crippen LogP contribution in [0, 0.1) is 10.1 Å². The molecule has 1 heterocycles. The molecule has 0 spiro atoms. The van der Waals surface area contributed by atoms with Gasteiger partial charge >= 0.3 is 5.97 Å². The Labute approximate surface area is 118 Å². The van der Waals surface area contributed by atoms with Gasteiger partial charge in [-0.15, -0.1) is 11.3 Å². The van der Waals surface area contributed by atoms with Gasteiger partial charge in [-0.3, -0.25) is 10.1 Å². The number of carbonyl (C=O) groups is 1. The van der Waals surface area contributed by atoms with Gasteiger partial charge in [0, 0.05) is 22.7 Å².